The molecule has 1 rings (SSSR count). The predicted octanol–water partition coefficient (Wildman–Crippen LogP) is 4.15. The normalized spacial score (nSPS) is 12.2. The van der Waals surface area contributed by atoms with Crippen molar-refractivity contribution in [2.24, 2.45) is 0 Å². The number of methoxy groups -OCH3 is 1. The van der Waals surface area contributed by atoms with Gasteiger partial charge in [-0.15, -0.1) is 0 Å². The van der Waals surface area contributed by atoms with Crippen LogP contribution in [0.4, 0.5) is 13.2 Å². The van der Waals surface area contributed by atoms with Gasteiger partial charge in [-0.25, -0.2) is 0 Å². The fourth-order valence-corrected chi connectivity index (χ4v) is 1.35. The van der Waals surface area contributed by atoms with Crippen molar-refractivity contribution in [3.63, 3.8) is 0 Å². The smallest absolute Gasteiger partial charge is 0.385 e. The summed E-state index contributed by atoms with van der Waals surface area (Å²) in [5, 5.41) is 0. The fourth-order valence-electron chi connectivity index (χ4n) is 1.35. The second-order valence-electron chi connectivity index (χ2n) is 3.66. The number of alkyl halides is 3. The zero-order valence-corrected chi connectivity index (χ0v) is 9.63. The van der Waals surface area contributed by atoms with E-state index in [0.717, 1.165) is 30.5 Å². The van der Waals surface area contributed by atoms with E-state index in [-0.39, 0.29) is 0 Å². The van der Waals surface area contributed by atoms with Crippen LogP contribution in [-0.2, 0) is 10.9 Å². The molecule has 0 saturated heterocycles. The van der Waals surface area contributed by atoms with Gasteiger partial charge >= 0.3 is 6.18 Å². The van der Waals surface area contributed by atoms with Crippen molar-refractivity contribution < 1.29 is 17.9 Å². The number of allylic oxidation sites excluding steroid dienone is 1. The van der Waals surface area contributed by atoms with E-state index >= 15 is 0 Å². The van der Waals surface area contributed by atoms with Gasteiger partial charge in [0.1, 0.15) is 0 Å². The number of unbranched alkanes of at least 4 members (excludes halogenated alkanes) is 1. The molecule has 0 N–H and O–H groups in total. The molecule has 0 spiro atoms. The van der Waals surface area contributed by atoms with E-state index in [1.807, 2.05) is 12.2 Å². The van der Waals surface area contributed by atoms with E-state index < -0.39 is 11.7 Å². The molecule has 0 bridgehead atoms. The molecule has 0 radical (unpaired) electrons. The van der Waals surface area contributed by atoms with Crippen molar-refractivity contribution >= 4 is 6.08 Å². The molecule has 0 aliphatic rings. The monoisotopic (exact) mass is 244 g/mol. The summed E-state index contributed by atoms with van der Waals surface area (Å²) in [6.07, 6.45) is 1.25. The minimum Gasteiger partial charge on any atom is -0.385 e. The van der Waals surface area contributed by atoms with Gasteiger partial charge < -0.3 is 4.74 Å². The molecule has 0 aromatic heterocycles. The third kappa shape index (κ3) is 5.04. The average molecular weight is 244 g/mol. The zero-order chi connectivity index (χ0) is 12.7. The van der Waals surface area contributed by atoms with E-state index in [1.165, 1.54) is 12.1 Å². The van der Waals surface area contributed by atoms with Crippen molar-refractivity contribution in [3.05, 3.63) is 41.5 Å². The molecule has 0 saturated carbocycles. The maximum Gasteiger partial charge on any atom is 0.416 e. The fraction of sp³-hybridized carbons (Fsp3) is 0.385. The summed E-state index contributed by atoms with van der Waals surface area (Å²) in [4.78, 5) is 0. The van der Waals surface area contributed by atoms with Crippen LogP contribution in [0.5, 0.6) is 0 Å². The summed E-state index contributed by atoms with van der Waals surface area (Å²) in [7, 11) is 1.64. The van der Waals surface area contributed by atoms with Crippen molar-refractivity contribution in [2.75, 3.05) is 13.7 Å². The molecular weight excluding hydrogens is 229 g/mol. The Morgan fingerprint density at radius 1 is 1.18 bits per heavy atom. The van der Waals surface area contributed by atoms with Gasteiger partial charge in [-0.2, -0.15) is 13.2 Å². The summed E-state index contributed by atoms with van der Waals surface area (Å²) in [5.41, 5.74) is 0.157. The largest absolute Gasteiger partial charge is 0.416 e. The molecule has 1 nitrogen and oxygen atoms in total. The number of halogens is 3. The van der Waals surface area contributed by atoms with Crippen LogP contribution in [0.15, 0.2) is 30.3 Å². The Morgan fingerprint density at radius 2 is 1.82 bits per heavy atom. The van der Waals surface area contributed by atoms with Gasteiger partial charge in [0.2, 0.25) is 0 Å². The number of ether oxygens (including phenoxy) is 1. The Labute approximate surface area is 98.9 Å². The number of benzene rings is 1. The molecule has 0 unspecified atom stereocenters. The summed E-state index contributed by atoms with van der Waals surface area (Å²) < 4.78 is 41.7. The topological polar surface area (TPSA) is 9.23 Å². The molecule has 0 amide bonds. The van der Waals surface area contributed by atoms with E-state index in [0.29, 0.717) is 6.61 Å². The summed E-state index contributed by atoms with van der Waals surface area (Å²) in [6, 6.07) is 5.12. The SMILES string of the molecule is COCCCC=Cc1ccc(C(F)(F)F)cc1. The lowest BCUT2D eigenvalue weighted by molar-refractivity contribution is -0.137. The van der Waals surface area contributed by atoms with Crippen molar-refractivity contribution in [1.29, 1.82) is 0 Å². The maximum atomic E-state index is 12.3. The molecule has 17 heavy (non-hydrogen) atoms. The first-order valence-electron chi connectivity index (χ1n) is 5.37. The van der Waals surface area contributed by atoms with E-state index in [2.05, 4.69) is 0 Å². The molecule has 0 aliphatic carbocycles. The van der Waals surface area contributed by atoms with Gasteiger partial charge in [-0.05, 0) is 30.5 Å². The molecule has 4 heteroatoms. The third-order valence-electron chi connectivity index (χ3n) is 2.27. The number of hydrogen-bond acceptors (Lipinski definition) is 1. The first-order valence-corrected chi connectivity index (χ1v) is 5.37. The van der Waals surface area contributed by atoms with Crippen LogP contribution in [0.2, 0.25) is 0 Å². The number of hydrogen-bond donors (Lipinski definition) is 0. The van der Waals surface area contributed by atoms with E-state index in [1.54, 1.807) is 7.11 Å². The highest BCUT2D eigenvalue weighted by Gasteiger charge is 2.29. The van der Waals surface area contributed by atoms with Crippen LogP contribution >= 0.6 is 0 Å². The Kier molecular flexibility index (Phi) is 5.22. The van der Waals surface area contributed by atoms with Gasteiger partial charge in [0.15, 0.2) is 0 Å². The van der Waals surface area contributed by atoms with E-state index in [9.17, 15) is 13.2 Å². The minimum atomic E-state index is -4.26. The van der Waals surface area contributed by atoms with Gasteiger partial charge in [-0.3, -0.25) is 0 Å². The molecular formula is C13H15F3O. The van der Waals surface area contributed by atoms with Gasteiger partial charge in [0, 0.05) is 13.7 Å². The third-order valence-corrected chi connectivity index (χ3v) is 2.27. The van der Waals surface area contributed by atoms with E-state index in [4.69, 9.17) is 4.74 Å². The van der Waals surface area contributed by atoms with Crippen molar-refractivity contribution in [1.82, 2.24) is 0 Å². The maximum absolute atomic E-state index is 12.3. The molecule has 94 valence electrons. The van der Waals surface area contributed by atoms with Gasteiger partial charge in [0.05, 0.1) is 5.56 Å². The minimum absolute atomic E-state index is 0.617. The highest BCUT2D eigenvalue weighted by Crippen LogP contribution is 2.29. The van der Waals surface area contributed by atoms with Crippen LogP contribution in [0.3, 0.4) is 0 Å². The molecule has 0 atom stereocenters. The first-order chi connectivity index (χ1) is 8.04. The Bertz CT molecular complexity index is 352. The van der Waals surface area contributed by atoms with Crippen molar-refractivity contribution in [2.45, 2.75) is 19.0 Å². The zero-order valence-electron chi connectivity index (χ0n) is 9.63. The molecule has 1 aromatic rings. The van der Waals surface area contributed by atoms with Crippen LogP contribution < -0.4 is 0 Å². The predicted molar refractivity (Wildman–Crippen MR) is 61.6 cm³/mol. The van der Waals surface area contributed by atoms with Gasteiger partial charge in [-0.1, -0.05) is 24.3 Å². The molecule has 0 aliphatic heterocycles. The van der Waals surface area contributed by atoms with Gasteiger partial charge in [0.25, 0.3) is 0 Å². The molecule has 1 aromatic carbocycles. The molecule has 0 fully saturated rings. The van der Waals surface area contributed by atoms with Crippen LogP contribution in [-0.4, -0.2) is 13.7 Å². The second kappa shape index (κ2) is 6.45. The number of rotatable bonds is 5. The summed E-state index contributed by atoms with van der Waals surface area (Å²) in [5.74, 6) is 0. The molecule has 0 heterocycles. The lowest BCUT2D eigenvalue weighted by Gasteiger charge is -2.05. The lowest BCUT2D eigenvalue weighted by Crippen LogP contribution is -2.03. The summed E-state index contributed by atoms with van der Waals surface area (Å²) in [6.45, 7) is 0.692. The average Bonchev–Trinajstić information content (AvgIpc) is 2.28. The Hall–Kier alpha value is -1.29. The Morgan fingerprint density at radius 3 is 2.35 bits per heavy atom. The van der Waals surface area contributed by atoms with Crippen LogP contribution in [0.25, 0.3) is 6.08 Å². The van der Waals surface area contributed by atoms with Crippen molar-refractivity contribution in [3.8, 4) is 0 Å². The van der Waals surface area contributed by atoms with Crippen LogP contribution in [0, 0.1) is 0 Å². The standard InChI is InChI=1S/C13H15F3O/c1-17-10-4-2-3-5-11-6-8-12(9-7-11)13(14,15)16/h3,5-9H,2,4,10H2,1H3. The Balaban J connectivity index is 2.51. The lowest BCUT2D eigenvalue weighted by atomic mass is 10.1. The quantitative estimate of drug-likeness (QED) is 0.707. The van der Waals surface area contributed by atoms with Crippen LogP contribution in [0.1, 0.15) is 24.0 Å². The second-order valence-corrected chi connectivity index (χ2v) is 3.66. The highest BCUT2D eigenvalue weighted by atomic mass is 19.4. The summed E-state index contributed by atoms with van der Waals surface area (Å²) >= 11 is 0. The first kappa shape index (κ1) is 13.8. The highest BCUT2D eigenvalue weighted by molar-refractivity contribution is 5.49.